The smallest absolute Gasteiger partial charge is 0.328 e. The Labute approximate surface area is 107 Å². The van der Waals surface area contributed by atoms with E-state index in [0.717, 1.165) is 6.42 Å². The summed E-state index contributed by atoms with van der Waals surface area (Å²) in [6, 6.07) is -1.58. The molecular formula is C12H22N2O4. The fraction of sp³-hybridized carbons (Fsp3) is 0.833. The maximum atomic E-state index is 12.0. The number of aliphatic carboxylic acids is 1. The lowest BCUT2D eigenvalue weighted by molar-refractivity contribution is -0.140. The van der Waals surface area contributed by atoms with Gasteiger partial charge < -0.3 is 20.4 Å². The Morgan fingerprint density at radius 1 is 1.39 bits per heavy atom. The van der Waals surface area contributed by atoms with Gasteiger partial charge in [-0.15, -0.1) is 0 Å². The second-order valence-electron chi connectivity index (χ2n) is 5.23. The first-order chi connectivity index (χ1) is 8.36. The van der Waals surface area contributed by atoms with Gasteiger partial charge in [-0.05, 0) is 25.2 Å². The average molecular weight is 258 g/mol. The van der Waals surface area contributed by atoms with E-state index >= 15 is 0 Å². The molecule has 0 aromatic rings. The lowest BCUT2D eigenvalue weighted by Crippen LogP contribution is -2.56. The van der Waals surface area contributed by atoms with Crippen LogP contribution in [0.2, 0.25) is 0 Å². The summed E-state index contributed by atoms with van der Waals surface area (Å²) in [7, 11) is 0. The number of carboxylic acids is 1. The van der Waals surface area contributed by atoms with Gasteiger partial charge in [0.05, 0.1) is 6.61 Å². The summed E-state index contributed by atoms with van der Waals surface area (Å²) in [6.07, 6.45) is 1.06. The molecule has 2 amide bonds. The van der Waals surface area contributed by atoms with Gasteiger partial charge in [0.2, 0.25) is 0 Å². The molecule has 104 valence electrons. The van der Waals surface area contributed by atoms with Crippen molar-refractivity contribution in [1.82, 2.24) is 10.2 Å². The second-order valence-corrected chi connectivity index (χ2v) is 5.23. The highest BCUT2D eigenvalue weighted by molar-refractivity contribution is 5.82. The van der Waals surface area contributed by atoms with Crippen molar-refractivity contribution < 1.29 is 19.8 Å². The summed E-state index contributed by atoms with van der Waals surface area (Å²) < 4.78 is 0. The number of nitrogens with one attached hydrogen (secondary N) is 1. The molecule has 1 aliphatic heterocycles. The number of aliphatic hydroxyl groups is 1. The minimum atomic E-state index is -1.24. The predicted octanol–water partition coefficient (Wildman–Crippen LogP) is 0.508. The topological polar surface area (TPSA) is 89.9 Å². The van der Waals surface area contributed by atoms with E-state index in [-0.39, 0.29) is 6.04 Å². The maximum absolute atomic E-state index is 12.0. The van der Waals surface area contributed by atoms with E-state index in [9.17, 15) is 9.59 Å². The number of likely N-dealkylation sites (tertiary alicyclic amines) is 1. The summed E-state index contributed by atoms with van der Waals surface area (Å²) in [4.78, 5) is 24.4. The van der Waals surface area contributed by atoms with E-state index in [1.807, 2.05) is 6.92 Å². The highest BCUT2D eigenvalue weighted by atomic mass is 16.4. The largest absolute Gasteiger partial charge is 0.480 e. The van der Waals surface area contributed by atoms with Crippen LogP contribution in [0.5, 0.6) is 0 Å². The van der Waals surface area contributed by atoms with Crippen LogP contribution in [0.25, 0.3) is 0 Å². The van der Waals surface area contributed by atoms with Gasteiger partial charge in [-0.3, -0.25) is 0 Å². The van der Waals surface area contributed by atoms with E-state index in [0.29, 0.717) is 18.4 Å². The molecule has 1 rings (SSSR count). The third-order valence-electron chi connectivity index (χ3n) is 3.64. The van der Waals surface area contributed by atoms with Crippen molar-refractivity contribution in [3.8, 4) is 0 Å². The normalized spacial score (nSPS) is 29.8. The standard InChI is InChI=1S/C12H22N2O4/c1-7-4-8(2)9(3)14(5-7)12(18)13-10(6-15)11(16)17/h7-10,15H,4-6H2,1-3H3,(H,13,18)(H,16,17)/t7?,8?,9?,10-/m1/s1. The lowest BCUT2D eigenvalue weighted by atomic mass is 9.86. The van der Waals surface area contributed by atoms with Gasteiger partial charge >= 0.3 is 12.0 Å². The zero-order chi connectivity index (χ0) is 13.9. The Morgan fingerprint density at radius 3 is 2.50 bits per heavy atom. The number of urea groups is 1. The molecule has 0 aromatic carbocycles. The van der Waals surface area contributed by atoms with Crippen LogP contribution in [-0.2, 0) is 4.79 Å². The molecule has 3 unspecified atom stereocenters. The Morgan fingerprint density at radius 2 is 2.00 bits per heavy atom. The maximum Gasteiger partial charge on any atom is 0.328 e. The fourth-order valence-electron chi connectivity index (χ4n) is 2.40. The van der Waals surface area contributed by atoms with E-state index < -0.39 is 24.6 Å². The van der Waals surface area contributed by atoms with Crippen LogP contribution in [0.1, 0.15) is 27.2 Å². The summed E-state index contributed by atoms with van der Waals surface area (Å²) in [5, 5.41) is 20.0. The molecule has 3 N–H and O–H groups in total. The summed E-state index contributed by atoms with van der Waals surface area (Å²) in [5.74, 6) is -0.437. The van der Waals surface area contributed by atoms with E-state index in [2.05, 4.69) is 19.2 Å². The first kappa shape index (κ1) is 14.8. The van der Waals surface area contributed by atoms with Gasteiger partial charge in [-0.2, -0.15) is 0 Å². The minimum Gasteiger partial charge on any atom is -0.480 e. The number of rotatable bonds is 3. The number of carbonyl (C=O) groups excluding carboxylic acids is 1. The van der Waals surface area contributed by atoms with Crippen molar-refractivity contribution in [2.45, 2.75) is 39.3 Å². The summed E-state index contributed by atoms with van der Waals surface area (Å²) in [5.41, 5.74) is 0. The van der Waals surface area contributed by atoms with E-state index in [1.165, 1.54) is 0 Å². The molecule has 0 aromatic heterocycles. The van der Waals surface area contributed by atoms with Crippen molar-refractivity contribution in [3.05, 3.63) is 0 Å². The van der Waals surface area contributed by atoms with Crippen molar-refractivity contribution in [2.75, 3.05) is 13.2 Å². The number of piperidine rings is 1. The van der Waals surface area contributed by atoms with E-state index in [4.69, 9.17) is 10.2 Å². The van der Waals surface area contributed by atoms with Gasteiger partial charge in [0.15, 0.2) is 6.04 Å². The zero-order valence-corrected chi connectivity index (χ0v) is 11.1. The first-order valence-corrected chi connectivity index (χ1v) is 6.27. The van der Waals surface area contributed by atoms with Crippen LogP contribution >= 0.6 is 0 Å². The predicted molar refractivity (Wildman–Crippen MR) is 66.2 cm³/mol. The summed E-state index contributed by atoms with van der Waals surface area (Å²) >= 11 is 0. The van der Waals surface area contributed by atoms with Crippen LogP contribution in [0.15, 0.2) is 0 Å². The molecular weight excluding hydrogens is 236 g/mol. The van der Waals surface area contributed by atoms with Gasteiger partial charge in [-0.25, -0.2) is 9.59 Å². The third kappa shape index (κ3) is 3.35. The van der Waals surface area contributed by atoms with Crippen molar-refractivity contribution in [3.63, 3.8) is 0 Å². The molecule has 1 heterocycles. The number of nitrogens with zero attached hydrogens (tertiary/aromatic N) is 1. The molecule has 0 spiro atoms. The summed E-state index contributed by atoms with van der Waals surface area (Å²) in [6.45, 7) is 6.14. The number of hydrogen-bond acceptors (Lipinski definition) is 3. The molecule has 6 heteroatoms. The zero-order valence-electron chi connectivity index (χ0n) is 11.1. The highest BCUT2D eigenvalue weighted by Gasteiger charge is 2.33. The van der Waals surface area contributed by atoms with Crippen LogP contribution in [0, 0.1) is 11.8 Å². The molecule has 4 atom stereocenters. The molecule has 18 heavy (non-hydrogen) atoms. The SMILES string of the molecule is CC1CC(C)C(C)N(C(=O)N[C@H](CO)C(=O)O)C1. The Balaban J connectivity index is 2.67. The Bertz CT molecular complexity index is 321. The average Bonchev–Trinajstić information content (AvgIpc) is 2.29. The minimum absolute atomic E-state index is 0.0781. The van der Waals surface area contributed by atoms with Crippen LogP contribution < -0.4 is 5.32 Å². The van der Waals surface area contributed by atoms with Crippen LogP contribution in [0.4, 0.5) is 4.79 Å². The molecule has 0 saturated carbocycles. The number of amides is 2. The Hall–Kier alpha value is -1.30. The first-order valence-electron chi connectivity index (χ1n) is 6.27. The second kappa shape index (κ2) is 6.04. The van der Waals surface area contributed by atoms with E-state index in [1.54, 1.807) is 4.90 Å². The van der Waals surface area contributed by atoms with Gasteiger partial charge in [0.1, 0.15) is 0 Å². The van der Waals surface area contributed by atoms with Gasteiger partial charge in [-0.1, -0.05) is 13.8 Å². The molecule has 0 aliphatic carbocycles. The number of carbonyl (C=O) groups is 2. The molecule has 6 nitrogen and oxygen atoms in total. The lowest BCUT2D eigenvalue weighted by Gasteiger charge is -2.41. The molecule has 1 aliphatic rings. The molecule has 0 radical (unpaired) electrons. The van der Waals surface area contributed by atoms with Crippen molar-refractivity contribution in [2.24, 2.45) is 11.8 Å². The Kier molecular flexibility index (Phi) is 4.95. The molecule has 0 bridgehead atoms. The monoisotopic (exact) mass is 258 g/mol. The highest BCUT2D eigenvalue weighted by Crippen LogP contribution is 2.26. The third-order valence-corrected chi connectivity index (χ3v) is 3.64. The van der Waals surface area contributed by atoms with Crippen LogP contribution in [0.3, 0.4) is 0 Å². The number of aliphatic hydroxyl groups excluding tert-OH is 1. The molecule has 1 saturated heterocycles. The van der Waals surface area contributed by atoms with Gasteiger partial charge in [0.25, 0.3) is 0 Å². The molecule has 1 fully saturated rings. The number of hydrogen-bond donors (Lipinski definition) is 3. The van der Waals surface area contributed by atoms with Gasteiger partial charge in [0, 0.05) is 12.6 Å². The fourth-order valence-corrected chi connectivity index (χ4v) is 2.40. The van der Waals surface area contributed by atoms with Crippen molar-refractivity contribution in [1.29, 1.82) is 0 Å². The van der Waals surface area contributed by atoms with Crippen LogP contribution in [-0.4, -0.2) is 52.3 Å². The number of carboxylic acid groups (broad SMARTS) is 1. The quantitative estimate of drug-likeness (QED) is 0.688. The van der Waals surface area contributed by atoms with Crippen molar-refractivity contribution >= 4 is 12.0 Å².